The van der Waals surface area contributed by atoms with Crippen molar-refractivity contribution in [1.29, 1.82) is 0 Å². The van der Waals surface area contributed by atoms with E-state index in [1.54, 1.807) is 0 Å². The first-order valence-corrected chi connectivity index (χ1v) is 9.33. The highest BCUT2D eigenvalue weighted by Gasteiger charge is 1.95. The summed E-state index contributed by atoms with van der Waals surface area (Å²) in [6.45, 7) is 2.29. The molecule has 1 aromatic heterocycles. The first-order valence-electron chi connectivity index (χ1n) is 9.33. The van der Waals surface area contributed by atoms with E-state index in [9.17, 15) is 0 Å². The van der Waals surface area contributed by atoms with Gasteiger partial charge in [0.05, 0.1) is 0 Å². The fraction of sp³-hybridized carbons (Fsp3) is 0.750. The molecule has 0 bridgehead atoms. The zero-order valence-corrected chi connectivity index (χ0v) is 16.3. The van der Waals surface area contributed by atoms with Crippen LogP contribution in [0.25, 0.3) is 0 Å². The summed E-state index contributed by atoms with van der Waals surface area (Å²) in [7, 11) is 0. The predicted molar refractivity (Wildman–Crippen MR) is 104 cm³/mol. The molecule has 1 rings (SSSR count). The summed E-state index contributed by atoms with van der Waals surface area (Å²) in [6.07, 6.45) is 21.5. The second-order valence-corrected chi connectivity index (χ2v) is 6.31. The summed E-state index contributed by atoms with van der Waals surface area (Å²) >= 11 is 0. The van der Waals surface area contributed by atoms with Crippen molar-refractivity contribution in [3.8, 4) is 0 Å². The summed E-state index contributed by atoms with van der Waals surface area (Å²) < 4.78 is 0. The van der Waals surface area contributed by atoms with Gasteiger partial charge in [-0.2, -0.15) is 0 Å². The van der Waals surface area contributed by atoms with E-state index in [4.69, 9.17) is 0 Å². The second-order valence-electron chi connectivity index (χ2n) is 6.31. The number of rotatable bonds is 14. The number of nitrogens with zero attached hydrogens (tertiary/aromatic N) is 1. The Balaban J connectivity index is 0.00000441. The van der Waals surface area contributed by atoms with Gasteiger partial charge >= 0.3 is 0 Å². The zero-order chi connectivity index (χ0) is 15.0. The van der Waals surface area contributed by atoms with Crippen LogP contribution in [0.5, 0.6) is 0 Å². The normalized spacial score (nSPS) is 10.4. The van der Waals surface area contributed by atoms with Gasteiger partial charge in [-0.15, -0.1) is 17.0 Å². The Kier molecular flexibility index (Phi) is 16.7. The van der Waals surface area contributed by atoms with E-state index in [0.29, 0.717) is 0 Å². The van der Waals surface area contributed by atoms with Gasteiger partial charge in [0.1, 0.15) is 0 Å². The third kappa shape index (κ3) is 13.3. The molecular formula is C20H36BrN. The summed E-state index contributed by atoms with van der Waals surface area (Å²) in [4.78, 5) is 4.37. The van der Waals surface area contributed by atoms with Crippen molar-refractivity contribution in [1.82, 2.24) is 4.98 Å². The number of aromatic nitrogens is 1. The highest BCUT2D eigenvalue weighted by Crippen LogP contribution is 2.13. The lowest BCUT2D eigenvalue weighted by atomic mass is 10.0. The molecule has 0 aliphatic rings. The molecule has 0 aromatic carbocycles. The Bertz CT molecular complexity index is 313. The molecule has 0 aliphatic carbocycles. The van der Waals surface area contributed by atoms with Gasteiger partial charge in [0.2, 0.25) is 0 Å². The maximum absolute atomic E-state index is 4.37. The Morgan fingerprint density at radius 3 is 1.64 bits per heavy atom. The van der Waals surface area contributed by atoms with E-state index in [-0.39, 0.29) is 17.0 Å². The van der Waals surface area contributed by atoms with Crippen LogP contribution in [0.15, 0.2) is 24.4 Å². The van der Waals surface area contributed by atoms with Crippen LogP contribution in [0.3, 0.4) is 0 Å². The SMILES string of the molecule is Br.CCCCCCCCCCCCCCCc1ccccn1. The van der Waals surface area contributed by atoms with Gasteiger partial charge in [-0.3, -0.25) is 4.98 Å². The molecule has 0 N–H and O–H groups in total. The summed E-state index contributed by atoms with van der Waals surface area (Å²) in [5.41, 5.74) is 1.25. The third-order valence-corrected chi connectivity index (χ3v) is 4.26. The van der Waals surface area contributed by atoms with Crippen molar-refractivity contribution < 1.29 is 0 Å². The van der Waals surface area contributed by atoms with Gasteiger partial charge < -0.3 is 0 Å². The predicted octanol–water partition coefficient (Wildman–Crippen LogP) is 7.29. The minimum Gasteiger partial charge on any atom is -0.261 e. The molecule has 0 saturated heterocycles. The molecular weight excluding hydrogens is 334 g/mol. The van der Waals surface area contributed by atoms with Crippen LogP contribution in [0.4, 0.5) is 0 Å². The topological polar surface area (TPSA) is 12.9 Å². The van der Waals surface area contributed by atoms with Crippen molar-refractivity contribution in [2.24, 2.45) is 0 Å². The molecule has 0 unspecified atom stereocenters. The molecule has 128 valence electrons. The third-order valence-electron chi connectivity index (χ3n) is 4.26. The second kappa shape index (κ2) is 17.0. The number of unbranched alkanes of at least 4 members (excludes halogenated alkanes) is 12. The summed E-state index contributed by atoms with van der Waals surface area (Å²) in [5, 5.41) is 0. The average molecular weight is 370 g/mol. The molecule has 0 radical (unpaired) electrons. The highest BCUT2D eigenvalue weighted by atomic mass is 79.9. The van der Waals surface area contributed by atoms with E-state index in [1.165, 1.54) is 89.2 Å². The Hall–Kier alpha value is -0.370. The molecule has 0 amide bonds. The van der Waals surface area contributed by atoms with E-state index in [0.717, 1.165) is 6.42 Å². The number of hydrogen-bond donors (Lipinski definition) is 0. The first-order chi connectivity index (χ1) is 10.4. The molecule has 0 fully saturated rings. The average Bonchev–Trinajstić information content (AvgIpc) is 2.53. The number of pyridine rings is 1. The quantitative estimate of drug-likeness (QED) is 0.313. The smallest absolute Gasteiger partial charge is 0.0403 e. The van der Waals surface area contributed by atoms with Crippen molar-refractivity contribution >= 4 is 17.0 Å². The van der Waals surface area contributed by atoms with Crippen molar-refractivity contribution in [3.63, 3.8) is 0 Å². The van der Waals surface area contributed by atoms with Crippen LogP contribution in [-0.4, -0.2) is 4.98 Å². The van der Waals surface area contributed by atoms with Crippen molar-refractivity contribution in [2.45, 2.75) is 96.8 Å². The molecule has 1 aromatic rings. The number of aryl methyl sites for hydroxylation is 1. The van der Waals surface area contributed by atoms with E-state index in [2.05, 4.69) is 24.0 Å². The fourth-order valence-electron chi connectivity index (χ4n) is 2.87. The van der Waals surface area contributed by atoms with E-state index in [1.807, 2.05) is 12.3 Å². The van der Waals surface area contributed by atoms with Crippen LogP contribution in [0.2, 0.25) is 0 Å². The monoisotopic (exact) mass is 369 g/mol. The maximum Gasteiger partial charge on any atom is 0.0403 e. The minimum absolute atomic E-state index is 0. The van der Waals surface area contributed by atoms with E-state index >= 15 is 0 Å². The Morgan fingerprint density at radius 2 is 1.18 bits per heavy atom. The molecule has 1 nitrogen and oxygen atoms in total. The molecule has 0 spiro atoms. The standard InChI is InChI=1S/C20H35N.BrH/c1-2-3-4-5-6-7-8-9-10-11-12-13-14-17-20-18-15-16-19-21-20;/h15-16,18-19H,2-14,17H2,1H3;1H. The van der Waals surface area contributed by atoms with Gasteiger partial charge in [-0.25, -0.2) is 0 Å². The molecule has 2 heteroatoms. The molecule has 0 aliphatic heterocycles. The molecule has 22 heavy (non-hydrogen) atoms. The van der Waals surface area contributed by atoms with Crippen molar-refractivity contribution in [2.75, 3.05) is 0 Å². The van der Waals surface area contributed by atoms with Crippen LogP contribution >= 0.6 is 17.0 Å². The first kappa shape index (κ1) is 21.6. The van der Waals surface area contributed by atoms with Crippen molar-refractivity contribution in [3.05, 3.63) is 30.1 Å². The molecule has 0 atom stereocenters. The van der Waals surface area contributed by atoms with Gasteiger partial charge in [0, 0.05) is 11.9 Å². The van der Waals surface area contributed by atoms with E-state index < -0.39 is 0 Å². The zero-order valence-electron chi connectivity index (χ0n) is 14.6. The maximum atomic E-state index is 4.37. The van der Waals surface area contributed by atoms with Gasteiger partial charge in [-0.1, -0.05) is 90.0 Å². The van der Waals surface area contributed by atoms with Crippen LogP contribution in [0.1, 0.15) is 96.1 Å². The Labute approximate surface area is 149 Å². The lowest BCUT2D eigenvalue weighted by molar-refractivity contribution is 0.539. The van der Waals surface area contributed by atoms with Crippen LogP contribution in [-0.2, 0) is 6.42 Å². The van der Waals surface area contributed by atoms with Gasteiger partial charge in [0.15, 0.2) is 0 Å². The molecule has 1 heterocycles. The highest BCUT2D eigenvalue weighted by molar-refractivity contribution is 8.93. The fourth-order valence-corrected chi connectivity index (χ4v) is 2.87. The Morgan fingerprint density at radius 1 is 0.682 bits per heavy atom. The number of halogens is 1. The van der Waals surface area contributed by atoms with Crippen LogP contribution < -0.4 is 0 Å². The summed E-state index contributed by atoms with van der Waals surface area (Å²) in [5.74, 6) is 0. The lowest BCUT2D eigenvalue weighted by Crippen LogP contribution is -1.89. The largest absolute Gasteiger partial charge is 0.261 e. The van der Waals surface area contributed by atoms with Gasteiger partial charge in [-0.05, 0) is 25.0 Å². The lowest BCUT2D eigenvalue weighted by Gasteiger charge is -2.03. The minimum atomic E-state index is 0. The summed E-state index contributed by atoms with van der Waals surface area (Å²) in [6, 6.07) is 6.22. The van der Waals surface area contributed by atoms with Gasteiger partial charge in [0.25, 0.3) is 0 Å². The van der Waals surface area contributed by atoms with Crippen LogP contribution in [0, 0.1) is 0 Å². The molecule has 0 saturated carbocycles. The number of hydrogen-bond acceptors (Lipinski definition) is 1.